The van der Waals surface area contributed by atoms with Crippen LogP contribution in [-0.2, 0) is 9.47 Å². The van der Waals surface area contributed by atoms with E-state index in [1.54, 1.807) is 7.11 Å². The maximum Gasteiger partial charge on any atom is 0.118 e. The van der Waals surface area contributed by atoms with Crippen molar-refractivity contribution >= 4 is 0 Å². The highest BCUT2D eigenvalue weighted by molar-refractivity contribution is 4.91. The highest BCUT2D eigenvalue weighted by Crippen LogP contribution is 2.28. The lowest BCUT2D eigenvalue weighted by Gasteiger charge is -2.39. The van der Waals surface area contributed by atoms with Gasteiger partial charge >= 0.3 is 0 Å². The van der Waals surface area contributed by atoms with E-state index in [1.165, 1.54) is 0 Å². The molecule has 1 aliphatic rings. The molecule has 0 aromatic carbocycles. The van der Waals surface area contributed by atoms with Gasteiger partial charge in [0.1, 0.15) is 5.60 Å². The molecule has 0 saturated carbocycles. The van der Waals surface area contributed by atoms with Crippen molar-refractivity contribution in [3.63, 3.8) is 0 Å². The van der Waals surface area contributed by atoms with Crippen LogP contribution in [-0.4, -0.2) is 43.7 Å². The Balaban J connectivity index is 2.60. The van der Waals surface area contributed by atoms with Crippen molar-refractivity contribution in [3.05, 3.63) is 0 Å². The molecule has 0 radical (unpaired) electrons. The highest BCUT2D eigenvalue weighted by atomic mass is 16.5. The molecule has 0 aromatic heterocycles. The molecule has 0 spiro atoms. The van der Waals surface area contributed by atoms with E-state index in [-0.39, 0.29) is 6.54 Å². The fraction of sp³-hybridized carbons (Fsp3) is 1.00. The number of hydrogen-bond donors (Lipinski definition) is 2. The summed E-state index contributed by atoms with van der Waals surface area (Å²) in [4.78, 5) is 0. The number of aliphatic hydroxyl groups is 1. The van der Waals surface area contributed by atoms with Crippen molar-refractivity contribution in [1.29, 1.82) is 0 Å². The van der Waals surface area contributed by atoms with Gasteiger partial charge in [0.2, 0.25) is 0 Å². The first kappa shape index (κ1) is 10.9. The van der Waals surface area contributed by atoms with E-state index in [4.69, 9.17) is 15.2 Å². The van der Waals surface area contributed by atoms with Crippen molar-refractivity contribution < 1.29 is 14.6 Å². The number of nitrogens with two attached hydrogens (primary N) is 1. The molecule has 1 rings (SSSR count). The molecule has 1 saturated heterocycles. The quantitative estimate of drug-likeness (QED) is 0.647. The topological polar surface area (TPSA) is 64.7 Å². The lowest BCUT2D eigenvalue weighted by molar-refractivity contribution is -0.171. The lowest BCUT2D eigenvalue weighted by Crippen LogP contribution is -2.53. The van der Waals surface area contributed by atoms with Crippen molar-refractivity contribution in [3.8, 4) is 0 Å². The normalized spacial score (nSPS) is 31.6. The summed E-state index contributed by atoms with van der Waals surface area (Å²) in [5.41, 5.74) is 4.88. The second kappa shape index (κ2) is 4.91. The molecule has 2 atom stereocenters. The number of aliphatic hydroxyl groups excluding tert-OH is 1. The smallest absolute Gasteiger partial charge is 0.118 e. The van der Waals surface area contributed by atoms with E-state index in [9.17, 15) is 5.11 Å². The zero-order valence-corrected chi connectivity index (χ0v) is 8.16. The minimum absolute atomic E-state index is 0.226. The van der Waals surface area contributed by atoms with Crippen LogP contribution in [0, 0.1) is 0 Å². The molecule has 4 heteroatoms. The summed E-state index contributed by atoms with van der Waals surface area (Å²) >= 11 is 0. The van der Waals surface area contributed by atoms with E-state index >= 15 is 0 Å². The third-order valence-electron chi connectivity index (χ3n) is 2.60. The SMILES string of the molecule is COCC1(C(O)CN)CCCCO1. The van der Waals surface area contributed by atoms with Crippen molar-refractivity contribution in [1.82, 2.24) is 0 Å². The Hall–Kier alpha value is -0.160. The first-order chi connectivity index (χ1) is 6.25. The van der Waals surface area contributed by atoms with Crippen LogP contribution in [0.25, 0.3) is 0 Å². The minimum Gasteiger partial charge on any atom is -0.389 e. The Bertz CT molecular complexity index is 140. The standard InChI is InChI=1S/C9H19NO3/c1-12-7-9(8(11)6-10)4-2-3-5-13-9/h8,11H,2-7,10H2,1H3. The van der Waals surface area contributed by atoms with E-state index < -0.39 is 11.7 Å². The van der Waals surface area contributed by atoms with Gasteiger partial charge in [-0.3, -0.25) is 0 Å². The summed E-state index contributed by atoms with van der Waals surface area (Å²) in [5, 5.41) is 9.73. The molecule has 1 heterocycles. The first-order valence-electron chi connectivity index (χ1n) is 4.76. The molecular weight excluding hydrogens is 170 g/mol. The van der Waals surface area contributed by atoms with E-state index in [2.05, 4.69) is 0 Å². The number of hydrogen-bond acceptors (Lipinski definition) is 4. The van der Waals surface area contributed by atoms with Gasteiger partial charge in [-0.25, -0.2) is 0 Å². The monoisotopic (exact) mass is 189 g/mol. The molecule has 0 bridgehead atoms. The van der Waals surface area contributed by atoms with Gasteiger partial charge < -0.3 is 20.3 Å². The summed E-state index contributed by atoms with van der Waals surface area (Å²) in [6.45, 7) is 1.34. The molecule has 1 aliphatic heterocycles. The average molecular weight is 189 g/mol. The summed E-state index contributed by atoms with van der Waals surface area (Å²) in [6, 6.07) is 0. The summed E-state index contributed by atoms with van der Waals surface area (Å²) in [7, 11) is 1.61. The third kappa shape index (κ3) is 2.40. The van der Waals surface area contributed by atoms with Gasteiger partial charge in [0.25, 0.3) is 0 Å². The maximum atomic E-state index is 9.73. The predicted molar refractivity (Wildman–Crippen MR) is 49.5 cm³/mol. The van der Waals surface area contributed by atoms with Crippen LogP contribution >= 0.6 is 0 Å². The van der Waals surface area contributed by atoms with Gasteiger partial charge in [-0.15, -0.1) is 0 Å². The third-order valence-corrected chi connectivity index (χ3v) is 2.60. The van der Waals surface area contributed by atoms with Crippen LogP contribution in [0.4, 0.5) is 0 Å². The Labute approximate surface area is 79.0 Å². The molecule has 78 valence electrons. The fourth-order valence-corrected chi connectivity index (χ4v) is 1.81. The van der Waals surface area contributed by atoms with Crippen molar-refractivity contribution in [2.45, 2.75) is 31.0 Å². The highest BCUT2D eigenvalue weighted by Gasteiger charge is 2.39. The zero-order chi connectivity index (χ0) is 9.73. The minimum atomic E-state index is -0.618. The van der Waals surface area contributed by atoms with Crippen molar-refractivity contribution in [2.24, 2.45) is 5.73 Å². The molecule has 4 nitrogen and oxygen atoms in total. The van der Waals surface area contributed by atoms with Gasteiger partial charge in [0.15, 0.2) is 0 Å². The van der Waals surface area contributed by atoms with Gasteiger partial charge in [0.05, 0.1) is 12.7 Å². The lowest BCUT2D eigenvalue weighted by atomic mass is 9.89. The van der Waals surface area contributed by atoms with E-state index in [0.717, 1.165) is 19.3 Å². The number of ether oxygens (including phenoxy) is 2. The molecule has 13 heavy (non-hydrogen) atoms. The Morgan fingerprint density at radius 1 is 1.62 bits per heavy atom. The maximum absolute atomic E-state index is 9.73. The van der Waals surface area contributed by atoms with Crippen LogP contribution in [0.2, 0.25) is 0 Å². The molecule has 0 amide bonds. The summed E-state index contributed by atoms with van der Waals surface area (Å²) in [6.07, 6.45) is 2.34. The second-order valence-electron chi connectivity index (χ2n) is 3.55. The van der Waals surface area contributed by atoms with Crippen LogP contribution < -0.4 is 5.73 Å². The molecule has 1 fully saturated rings. The summed E-state index contributed by atoms with van der Waals surface area (Å²) < 4.78 is 10.7. The predicted octanol–water partition coefficient (Wildman–Crippen LogP) is -0.108. The molecule has 2 unspecified atom stereocenters. The van der Waals surface area contributed by atoms with Gasteiger partial charge in [0, 0.05) is 20.3 Å². The Kier molecular flexibility index (Phi) is 4.12. The molecular formula is C9H19NO3. The zero-order valence-electron chi connectivity index (χ0n) is 8.16. The first-order valence-corrected chi connectivity index (χ1v) is 4.76. The van der Waals surface area contributed by atoms with Gasteiger partial charge in [-0.05, 0) is 19.3 Å². The van der Waals surface area contributed by atoms with E-state index in [1.807, 2.05) is 0 Å². The van der Waals surface area contributed by atoms with E-state index in [0.29, 0.717) is 13.2 Å². The van der Waals surface area contributed by atoms with Crippen molar-refractivity contribution in [2.75, 3.05) is 26.9 Å². The largest absolute Gasteiger partial charge is 0.389 e. The molecule has 0 aromatic rings. The summed E-state index contributed by atoms with van der Waals surface area (Å²) in [5.74, 6) is 0. The molecule has 3 N–H and O–H groups in total. The molecule has 0 aliphatic carbocycles. The van der Waals surface area contributed by atoms with Crippen LogP contribution in [0.3, 0.4) is 0 Å². The fourth-order valence-electron chi connectivity index (χ4n) is 1.81. The average Bonchev–Trinajstić information content (AvgIpc) is 2.18. The number of methoxy groups -OCH3 is 1. The van der Waals surface area contributed by atoms with Gasteiger partial charge in [-0.2, -0.15) is 0 Å². The Morgan fingerprint density at radius 2 is 2.38 bits per heavy atom. The number of rotatable bonds is 4. The van der Waals surface area contributed by atoms with Crippen LogP contribution in [0.15, 0.2) is 0 Å². The second-order valence-corrected chi connectivity index (χ2v) is 3.55. The van der Waals surface area contributed by atoms with Gasteiger partial charge in [-0.1, -0.05) is 0 Å². The van der Waals surface area contributed by atoms with Crippen LogP contribution in [0.5, 0.6) is 0 Å². The Morgan fingerprint density at radius 3 is 2.85 bits per heavy atom. The van der Waals surface area contributed by atoms with Crippen LogP contribution in [0.1, 0.15) is 19.3 Å².